The standard InChI is InChI=1S/C17H19F2N3O3/c1-22(2)17(24)7-8-20-15(23)5-6-16-21-10-14(25-16)12-4-3-11(18)9-13(12)19/h3-4,9-10H,5-8H2,1-2H3,(H,20,23). The molecule has 0 saturated heterocycles. The summed E-state index contributed by atoms with van der Waals surface area (Å²) in [6, 6.07) is 3.16. The molecule has 0 bridgehead atoms. The molecule has 2 rings (SSSR count). The monoisotopic (exact) mass is 351 g/mol. The van der Waals surface area contributed by atoms with Gasteiger partial charge in [0.15, 0.2) is 11.7 Å². The Kier molecular flexibility index (Phi) is 6.21. The van der Waals surface area contributed by atoms with Crippen molar-refractivity contribution in [1.82, 2.24) is 15.2 Å². The van der Waals surface area contributed by atoms with Crippen molar-refractivity contribution in [3.05, 3.63) is 41.9 Å². The Labute approximate surface area is 143 Å². The molecule has 1 aromatic carbocycles. The fourth-order valence-electron chi connectivity index (χ4n) is 2.08. The number of aryl methyl sites for hydroxylation is 1. The fraction of sp³-hybridized carbons (Fsp3) is 0.353. The molecule has 134 valence electrons. The summed E-state index contributed by atoms with van der Waals surface area (Å²) in [4.78, 5) is 28.6. The van der Waals surface area contributed by atoms with Gasteiger partial charge in [-0.3, -0.25) is 9.59 Å². The van der Waals surface area contributed by atoms with E-state index in [9.17, 15) is 18.4 Å². The largest absolute Gasteiger partial charge is 0.441 e. The molecule has 0 saturated carbocycles. The van der Waals surface area contributed by atoms with Gasteiger partial charge in [0.1, 0.15) is 11.6 Å². The Morgan fingerprint density at radius 2 is 2.00 bits per heavy atom. The molecule has 0 fully saturated rings. The lowest BCUT2D eigenvalue weighted by molar-refractivity contribution is -0.128. The highest BCUT2D eigenvalue weighted by Gasteiger charge is 2.13. The summed E-state index contributed by atoms with van der Waals surface area (Å²) in [5, 5.41) is 2.63. The SMILES string of the molecule is CN(C)C(=O)CCNC(=O)CCc1ncc(-c2ccc(F)cc2F)o1. The molecular formula is C17H19F2N3O3. The minimum absolute atomic E-state index is 0.0704. The summed E-state index contributed by atoms with van der Waals surface area (Å²) in [7, 11) is 3.29. The highest BCUT2D eigenvalue weighted by Crippen LogP contribution is 2.24. The van der Waals surface area contributed by atoms with Gasteiger partial charge in [0.2, 0.25) is 11.8 Å². The highest BCUT2D eigenvalue weighted by molar-refractivity contribution is 5.78. The van der Waals surface area contributed by atoms with E-state index in [4.69, 9.17) is 4.42 Å². The van der Waals surface area contributed by atoms with Crippen molar-refractivity contribution in [2.45, 2.75) is 19.3 Å². The number of hydrogen-bond acceptors (Lipinski definition) is 4. The van der Waals surface area contributed by atoms with Crippen LogP contribution in [0.1, 0.15) is 18.7 Å². The van der Waals surface area contributed by atoms with Crippen LogP contribution in [-0.2, 0) is 16.0 Å². The number of nitrogens with zero attached hydrogens (tertiary/aromatic N) is 2. The van der Waals surface area contributed by atoms with E-state index in [1.807, 2.05) is 0 Å². The Bertz CT molecular complexity index is 759. The molecule has 1 aromatic heterocycles. The molecule has 0 aliphatic rings. The van der Waals surface area contributed by atoms with Crippen LogP contribution in [0.4, 0.5) is 8.78 Å². The predicted molar refractivity (Wildman–Crippen MR) is 86.5 cm³/mol. The van der Waals surface area contributed by atoms with Crippen LogP contribution in [0.2, 0.25) is 0 Å². The minimum Gasteiger partial charge on any atom is -0.441 e. The van der Waals surface area contributed by atoms with Crippen LogP contribution in [-0.4, -0.2) is 42.3 Å². The topological polar surface area (TPSA) is 75.4 Å². The molecule has 0 atom stereocenters. The molecule has 2 amide bonds. The summed E-state index contributed by atoms with van der Waals surface area (Å²) in [5.74, 6) is -1.28. The number of aromatic nitrogens is 1. The molecule has 1 N–H and O–H groups in total. The number of hydrogen-bond donors (Lipinski definition) is 1. The van der Waals surface area contributed by atoms with Crippen LogP contribution in [0.3, 0.4) is 0 Å². The molecular weight excluding hydrogens is 332 g/mol. The molecule has 2 aromatic rings. The van der Waals surface area contributed by atoms with Crippen molar-refractivity contribution in [2.24, 2.45) is 0 Å². The van der Waals surface area contributed by atoms with Gasteiger partial charge in [0, 0.05) is 46.0 Å². The Hall–Kier alpha value is -2.77. The number of benzene rings is 1. The molecule has 0 aliphatic heterocycles. The average molecular weight is 351 g/mol. The lowest BCUT2D eigenvalue weighted by Crippen LogP contribution is -2.30. The average Bonchev–Trinajstić information content (AvgIpc) is 3.01. The zero-order valence-electron chi connectivity index (χ0n) is 14.0. The van der Waals surface area contributed by atoms with Crippen LogP contribution in [0, 0.1) is 11.6 Å². The van der Waals surface area contributed by atoms with Crippen LogP contribution < -0.4 is 5.32 Å². The first kappa shape index (κ1) is 18.6. The van der Waals surface area contributed by atoms with E-state index in [-0.39, 0.29) is 54.8 Å². The quantitative estimate of drug-likeness (QED) is 0.829. The number of rotatable bonds is 7. The molecule has 1 heterocycles. The lowest BCUT2D eigenvalue weighted by Gasteiger charge is -2.10. The first-order valence-corrected chi connectivity index (χ1v) is 7.74. The number of carbonyl (C=O) groups excluding carboxylic acids is 2. The smallest absolute Gasteiger partial charge is 0.223 e. The maximum atomic E-state index is 13.7. The summed E-state index contributed by atoms with van der Waals surface area (Å²) in [5.41, 5.74) is 0.104. The Morgan fingerprint density at radius 1 is 1.24 bits per heavy atom. The molecule has 6 nitrogen and oxygen atoms in total. The first-order chi connectivity index (χ1) is 11.9. The zero-order valence-corrected chi connectivity index (χ0v) is 14.0. The van der Waals surface area contributed by atoms with Crippen molar-refractivity contribution < 1.29 is 22.8 Å². The number of halogens is 2. The summed E-state index contributed by atoms with van der Waals surface area (Å²) >= 11 is 0. The van der Waals surface area contributed by atoms with Crippen molar-refractivity contribution in [1.29, 1.82) is 0 Å². The van der Waals surface area contributed by atoms with Gasteiger partial charge in [-0.2, -0.15) is 0 Å². The first-order valence-electron chi connectivity index (χ1n) is 7.74. The second-order valence-corrected chi connectivity index (χ2v) is 5.63. The van der Waals surface area contributed by atoms with Crippen molar-refractivity contribution >= 4 is 11.8 Å². The van der Waals surface area contributed by atoms with Gasteiger partial charge in [0.25, 0.3) is 0 Å². The second kappa shape index (κ2) is 8.36. The van der Waals surface area contributed by atoms with Crippen molar-refractivity contribution in [3.63, 3.8) is 0 Å². The molecule has 0 unspecified atom stereocenters. The van der Waals surface area contributed by atoms with E-state index in [2.05, 4.69) is 10.3 Å². The third kappa shape index (κ3) is 5.37. The number of amides is 2. The molecule has 0 radical (unpaired) electrons. The number of oxazole rings is 1. The van der Waals surface area contributed by atoms with E-state index < -0.39 is 11.6 Å². The van der Waals surface area contributed by atoms with Gasteiger partial charge in [0.05, 0.1) is 11.8 Å². The van der Waals surface area contributed by atoms with Gasteiger partial charge in [-0.15, -0.1) is 0 Å². The summed E-state index contributed by atoms with van der Waals surface area (Å²) < 4.78 is 32.0. The maximum Gasteiger partial charge on any atom is 0.223 e. The van der Waals surface area contributed by atoms with E-state index >= 15 is 0 Å². The molecule has 0 spiro atoms. The minimum atomic E-state index is -0.744. The Balaban J connectivity index is 1.83. The van der Waals surface area contributed by atoms with E-state index in [0.717, 1.165) is 12.1 Å². The normalized spacial score (nSPS) is 10.6. The van der Waals surface area contributed by atoms with Gasteiger partial charge in [-0.05, 0) is 12.1 Å². The van der Waals surface area contributed by atoms with Crippen molar-refractivity contribution in [3.8, 4) is 11.3 Å². The third-order valence-electron chi connectivity index (χ3n) is 3.48. The van der Waals surface area contributed by atoms with Crippen LogP contribution in [0.15, 0.2) is 28.8 Å². The number of carbonyl (C=O) groups is 2. The third-order valence-corrected chi connectivity index (χ3v) is 3.48. The van der Waals surface area contributed by atoms with E-state index in [1.165, 1.54) is 17.2 Å². The zero-order chi connectivity index (χ0) is 18.4. The Morgan fingerprint density at radius 3 is 2.68 bits per heavy atom. The predicted octanol–water partition coefficient (Wildman–Crippen LogP) is 2.15. The maximum absolute atomic E-state index is 13.7. The van der Waals surface area contributed by atoms with Crippen LogP contribution in [0.25, 0.3) is 11.3 Å². The second-order valence-electron chi connectivity index (χ2n) is 5.63. The van der Waals surface area contributed by atoms with Gasteiger partial charge in [-0.1, -0.05) is 0 Å². The van der Waals surface area contributed by atoms with Crippen LogP contribution >= 0.6 is 0 Å². The fourth-order valence-corrected chi connectivity index (χ4v) is 2.08. The molecule has 25 heavy (non-hydrogen) atoms. The molecule has 0 aliphatic carbocycles. The van der Waals surface area contributed by atoms with Crippen molar-refractivity contribution in [2.75, 3.05) is 20.6 Å². The summed E-state index contributed by atoms with van der Waals surface area (Å²) in [6.45, 7) is 0.257. The lowest BCUT2D eigenvalue weighted by atomic mass is 10.2. The summed E-state index contributed by atoms with van der Waals surface area (Å²) in [6.07, 6.45) is 1.92. The molecule has 8 heteroatoms. The number of nitrogens with one attached hydrogen (secondary N) is 1. The van der Waals surface area contributed by atoms with Gasteiger partial charge in [-0.25, -0.2) is 13.8 Å². The van der Waals surface area contributed by atoms with Gasteiger partial charge >= 0.3 is 0 Å². The highest BCUT2D eigenvalue weighted by atomic mass is 19.1. The van der Waals surface area contributed by atoms with E-state index in [1.54, 1.807) is 14.1 Å². The van der Waals surface area contributed by atoms with E-state index in [0.29, 0.717) is 0 Å². The van der Waals surface area contributed by atoms with Gasteiger partial charge < -0.3 is 14.6 Å². The van der Waals surface area contributed by atoms with Crippen LogP contribution in [0.5, 0.6) is 0 Å².